The molecule has 0 unspecified atom stereocenters. The molecule has 0 radical (unpaired) electrons. The summed E-state index contributed by atoms with van der Waals surface area (Å²) in [7, 11) is -3.53. The van der Waals surface area contributed by atoms with Gasteiger partial charge in [-0.1, -0.05) is 38.0 Å². The second-order valence-corrected chi connectivity index (χ2v) is 7.14. The molecule has 0 saturated carbocycles. The molecule has 0 spiro atoms. The van der Waals surface area contributed by atoms with Crippen LogP contribution in [0.2, 0.25) is 0 Å². The average Bonchev–Trinajstić information content (AvgIpc) is 2.64. The van der Waals surface area contributed by atoms with E-state index in [0.717, 1.165) is 30.6 Å². The summed E-state index contributed by atoms with van der Waals surface area (Å²) in [5.41, 5.74) is 5.34. The number of nitrogen functional groups attached to an aromatic ring is 1. The lowest BCUT2D eigenvalue weighted by Gasteiger charge is -2.05. The third-order valence-electron chi connectivity index (χ3n) is 2.15. The highest BCUT2D eigenvalue weighted by Gasteiger charge is 2.18. The highest BCUT2D eigenvalue weighted by Crippen LogP contribution is 2.16. The molecule has 17 heavy (non-hydrogen) atoms. The number of nitrogens with one attached hydrogen (secondary N) is 1. The Morgan fingerprint density at radius 1 is 1.35 bits per heavy atom. The van der Waals surface area contributed by atoms with Gasteiger partial charge in [0.15, 0.2) is 0 Å². The summed E-state index contributed by atoms with van der Waals surface area (Å²) in [5.74, 6) is 0.648. The predicted octanol–water partition coefficient (Wildman–Crippen LogP) is 1.22. The minimum atomic E-state index is -3.53. The van der Waals surface area contributed by atoms with Crippen LogP contribution in [-0.4, -0.2) is 25.2 Å². The lowest BCUT2D eigenvalue weighted by molar-refractivity contribution is 0.530. The number of nitrogens with two attached hydrogens (primary N) is 1. The Labute approximate surface area is 106 Å². The summed E-state index contributed by atoms with van der Waals surface area (Å²) in [6, 6.07) is 0. The van der Waals surface area contributed by atoms with Crippen LogP contribution in [0, 0.1) is 5.92 Å². The molecule has 3 N–H and O–H groups in total. The molecule has 1 aromatic rings. The van der Waals surface area contributed by atoms with Crippen LogP contribution in [-0.2, 0) is 10.0 Å². The fraction of sp³-hybridized carbons (Fsp3) is 0.778. The third kappa shape index (κ3) is 4.97. The normalized spacial score (nSPS) is 12.2. The fourth-order valence-electron chi connectivity index (χ4n) is 1.27. The minimum Gasteiger partial charge on any atom is -0.374 e. The van der Waals surface area contributed by atoms with Crippen LogP contribution in [0.5, 0.6) is 0 Å². The highest BCUT2D eigenvalue weighted by molar-refractivity contribution is 7.91. The van der Waals surface area contributed by atoms with E-state index in [0.29, 0.717) is 12.5 Å². The number of rotatable bonds is 7. The first-order valence-corrected chi connectivity index (χ1v) is 7.80. The van der Waals surface area contributed by atoms with Crippen LogP contribution in [0.25, 0.3) is 0 Å². The Bertz CT molecular complexity index is 442. The zero-order valence-corrected chi connectivity index (χ0v) is 11.6. The van der Waals surface area contributed by atoms with Gasteiger partial charge in [0.05, 0.1) is 0 Å². The van der Waals surface area contributed by atoms with Crippen molar-refractivity contribution in [3.05, 3.63) is 0 Å². The van der Waals surface area contributed by atoms with Gasteiger partial charge in [-0.25, -0.2) is 13.1 Å². The molecule has 0 fully saturated rings. The Morgan fingerprint density at radius 2 is 2.06 bits per heavy atom. The van der Waals surface area contributed by atoms with E-state index < -0.39 is 10.0 Å². The quantitative estimate of drug-likeness (QED) is 0.731. The van der Waals surface area contributed by atoms with E-state index in [1.807, 2.05) is 0 Å². The maximum atomic E-state index is 11.7. The summed E-state index contributed by atoms with van der Waals surface area (Å²) in [4.78, 5) is 0. The number of aromatic nitrogens is 2. The lowest BCUT2D eigenvalue weighted by Crippen LogP contribution is -2.24. The molecule has 0 aromatic carbocycles. The van der Waals surface area contributed by atoms with Gasteiger partial charge in [-0.3, -0.25) is 0 Å². The molecule has 0 saturated heterocycles. The first kappa shape index (κ1) is 14.3. The Morgan fingerprint density at radius 3 is 2.59 bits per heavy atom. The summed E-state index contributed by atoms with van der Waals surface area (Å²) in [5, 5.41) is 7.14. The fourth-order valence-corrected chi connectivity index (χ4v) is 3.17. The van der Waals surface area contributed by atoms with Crippen molar-refractivity contribution >= 4 is 26.5 Å². The van der Waals surface area contributed by atoms with Gasteiger partial charge in [0.25, 0.3) is 10.0 Å². The van der Waals surface area contributed by atoms with Crippen LogP contribution in [0.4, 0.5) is 5.13 Å². The van der Waals surface area contributed by atoms with Crippen molar-refractivity contribution in [2.24, 2.45) is 5.92 Å². The standard InChI is InChI=1S/C9H18N4O2S2/c1-7(2)5-3-4-6-11-17(14,15)9-13-12-8(10)16-9/h7,11H,3-6H2,1-2H3,(H2,10,12). The van der Waals surface area contributed by atoms with E-state index in [9.17, 15) is 8.42 Å². The van der Waals surface area contributed by atoms with E-state index in [4.69, 9.17) is 5.73 Å². The van der Waals surface area contributed by atoms with Crippen molar-refractivity contribution in [1.82, 2.24) is 14.9 Å². The third-order valence-corrected chi connectivity index (χ3v) is 4.73. The molecule has 0 aliphatic rings. The topological polar surface area (TPSA) is 98.0 Å². The van der Waals surface area contributed by atoms with Crippen molar-refractivity contribution in [2.75, 3.05) is 12.3 Å². The van der Waals surface area contributed by atoms with Crippen molar-refractivity contribution in [1.29, 1.82) is 0 Å². The molecule has 0 aliphatic heterocycles. The highest BCUT2D eigenvalue weighted by atomic mass is 32.2. The monoisotopic (exact) mass is 278 g/mol. The van der Waals surface area contributed by atoms with Gasteiger partial charge in [-0.05, 0) is 12.3 Å². The van der Waals surface area contributed by atoms with Gasteiger partial charge in [0.2, 0.25) is 9.47 Å². The average molecular weight is 278 g/mol. The molecule has 1 aromatic heterocycles. The van der Waals surface area contributed by atoms with Gasteiger partial charge in [-0.15, -0.1) is 10.2 Å². The van der Waals surface area contributed by atoms with E-state index in [1.54, 1.807) is 0 Å². The number of unbranched alkanes of at least 4 members (excludes halogenated alkanes) is 1. The molecule has 98 valence electrons. The van der Waals surface area contributed by atoms with Crippen LogP contribution in [0.15, 0.2) is 4.34 Å². The lowest BCUT2D eigenvalue weighted by atomic mass is 10.1. The summed E-state index contributed by atoms with van der Waals surface area (Å²) in [6.45, 7) is 4.72. The second kappa shape index (κ2) is 6.27. The minimum absolute atomic E-state index is 0.0705. The van der Waals surface area contributed by atoms with Gasteiger partial charge in [-0.2, -0.15) is 0 Å². The van der Waals surface area contributed by atoms with Gasteiger partial charge < -0.3 is 5.73 Å². The van der Waals surface area contributed by atoms with Crippen molar-refractivity contribution in [3.8, 4) is 0 Å². The van der Waals surface area contributed by atoms with Crippen molar-refractivity contribution in [2.45, 2.75) is 37.4 Å². The van der Waals surface area contributed by atoms with Gasteiger partial charge in [0.1, 0.15) is 0 Å². The smallest absolute Gasteiger partial charge is 0.269 e. The van der Waals surface area contributed by atoms with E-state index in [2.05, 4.69) is 28.8 Å². The van der Waals surface area contributed by atoms with Gasteiger partial charge in [0, 0.05) is 6.54 Å². The van der Waals surface area contributed by atoms with Crippen molar-refractivity contribution in [3.63, 3.8) is 0 Å². The first-order chi connectivity index (χ1) is 7.92. The van der Waals surface area contributed by atoms with E-state index in [-0.39, 0.29) is 9.47 Å². The molecular weight excluding hydrogens is 260 g/mol. The van der Waals surface area contributed by atoms with Crippen LogP contribution in [0.3, 0.4) is 0 Å². The van der Waals surface area contributed by atoms with Crippen LogP contribution >= 0.6 is 11.3 Å². The first-order valence-electron chi connectivity index (χ1n) is 5.50. The van der Waals surface area contributed by atoms with E-state index in [1.165, 1.54) is 0 Å². The Kier molecular flexibility index (Phi) is 5.29. The zero-order valence-electron chi connectivity index (χ0n) is 10.0. The summed E-state index contributed by atoms with van der Waals surface area (Å²) in [6.07, 6.45) is 2.94. The summed E-state index contributed by atoms with van der Waals surface area (Å²) >= 11 is 0.868. The Hall–Kier alpha value is -0.730. The molecule has 8 heteroatoms. The molecule has 6 nitrogen and oxygen atoms in total. The SMILES string of the molecule is CC(C)CCCCNS(=O)(=O)c1nnc(N)s1. The van der Waals surface area contributed by atoms with Crippen LogP contribution < -0.4 is 10.5 Å². The number of anilines is 1. The summed E-state index contributed by atoms with van der Waals surface area (Å²) < 4.78 is 25.8. The molecule has 0 amide bonds. The largest absolute Gasteiger partial charge is 0.374 e. The van der Waals surface area contributed by atoms with Crippen LogP contribution in [0.1, 0.15) is 33.1 Å². The number of sulfonamides is 1. The molecule has 0 bridgehead atoms. The second-order valence-electron chi connectivity index (χ2n) is 4.19. The number of hydrogen-bond acceptors (Lipinski definition) is 6. The zero-order chi connectivity index (χ0) is 12.9. The maximum absolute atomic E-state index is 11.7. The predicted molar refractivity (Wildman–Crippen MR) is 68.2 cm³/mol. The number of hydrogen-bond donors (Lipinski definition) is 2. The molecule has 0 aliphatic carbocycles. The van der Waals surface area contributed by atoms with E-state index >= 15 is 0 Å². The van der Waals surface area contributed by atoms with Crippen molar-refractivity contribution < 1.29 is 8.42 Å². The maximum Gasteiger partial charge on any atom is 0.269 e. The Balaban J connectivity index is 2.36. The molecule has 0 atom stereocenters. The molecule has 1 rings (SSSR count). The molecule has 1 heterocycles. The van der Waals surface area contributed by atoms with Gasteiger partial charge >= 0.3 is 0 Å². The molecular formula is C9H18N4O2S2. The number of nitrogens with zero attached hydrogens (tertiary/aromatic N) is 2.